The van der Waals surface area contributed by atoms with E-state index >= 15 is 0 Å². The minimum absolute atomic E-state index is 0.0783. The highest BCUT2D eigenvalue weighted by Crippen LogP contribution is 2.41. The van der Waals surface area contributed by atoms with Crippen LogP contribution in [0.2, 0.25) is 0 Å². The smallest absolute Gasteiger partial charge is 0.291 e. The number of benzene rings is 2. The summed E-state index contributed by atoms with van der Waals surface area (Å²) in [6.45, 7) is 7.16. The molecule has 2 aromatic heterocycles. The molecule has 0 bridgehead atoms. The van der Waals surface area contributed by atoms with Gasteiger partial charge in [-0.3, -0.25) is 14.6 Å². The Hall–Kier alpha value is -4.13. The number of ether oxygens (including phenoxy) is 2. The Kier molecular flexibility index (Phi) is 6.46. The van der Waals surface area contributed by atoms with Gasteiger partial charge in [0, 0.05) is 18.9 Å². The van der Waals surface area contributed by atoms with Crippen molar-refractivity contribution >= 4 is 16.9 Å². The molecule has 0 saturated heterocycles. The first-order valence-electron chi connectivity index (χ1n) is 12.2. The Bertz CT molecular complexity index is 1480. The standard InChI is InChI=1S/C29H28N2O5/c1-4-13-35-23-11-9-20(15-24(23)34-5-2)26-25-27(32)21-14-18(3)8-10-22(21)36-28(25)29(33)31(26)17-19-7-6-12-30-16-19/h6-12,14-16,26H,4-5,13,17H2,1-3H3/t26-/m0/s1. The molecule has 184 valence electrons. The molecule has 0 spiro atoms. The lowest BCUT2D eigenvalue weighted by atomic mass is 9.97. The summed E-state index contributed by atoms with van der Waals surface area (Å²) in [7, 11) is 0. The van der Waals surface area contributed by atoms with Gasteiger partial charge in [-0.15, -0.1) is 0 Å². The Morgan fingerprint density at radius 1 is 1.03 bits per heavy atom. The first-order valence-corrected chi connectivity index (χ1v) is 12.2. The number of aryl methyl sites for hydroxylation is 1. The molecule has 1 amide bonds. The summed E-state index contributed by atoms with van der Waals surface area (Å²) in [6, 6.07) is 14.1. The van der Waals surface area contributed by atoms with Crippen LogP contribution in [0, 0.1) is 6.92 Å². The van der Waals surface area contributed by atoms with Gasteiger partial charge >= 0.3 is 0 Å². The predicted molar refractivity (Wildman–Crippen MR) is 137 cm³/mol. The van der Waals surface area contributed by atoms with Gasteiger partial charge in [-0.1, -0.05) is 30.7 Å². The summed E-state index contributed by atoms with van der Waals surface area (Å²) >= 11 is 0. The molecule has 36 heavy (non-hydrogen) atoms. The zero-order valence-electron chi connectivity index (χ0n) is 20.6. The van der Waals surface area contributed by atoms with Crippen molar-refractivity contribution in [2.45, 2.75) is 39.8 Å². The molecule has 1 atom stereocenters. The topological polar surface area (TPSA) is 81.9 Å². The summed E-state index contributed by atoms with van der Waals surface area (Å²) in [5, 5.41) is 0.461. The zero-order chi connectivity index (χ0) is 25.2. The number of nitrogens with zero attached hydrogens (tertiary/aromatic N) is 2. The first kappa shape index (κ1) is 23.6. The number of carbonyl (C=O) groups excluding carboxylic acids is 1. The van der Waals surface area contributed by atoms with Gasteiger partial charge in [0.2, 0.25) is 5.76 Å². The molecule has 1 aliphatic heterocycles. The molecule has 0 fully saturated rings. The normalized spacial score (nSPS) is 14.8. The lowest BCUT2D eigenvalue weighted by Crippen LogP contribution is -2.29. The van der Waals surface area contributed by atoms with E-state index in [1.807, 2.05) is 57.2 Å². The number of amides is 1. The van der Waals surface area contributed by atoms with Crippen molar-refractivity contribution in [3.05, 3.63) is 99.2 Å². The van der Waals surface area contributed by atoms with Gasteiger partial charge in [-0.05, 0) is 61.7 Å². The third-order valence-corrected chi connectivity index (χ3v) is 6.24. The Balaban J connectivity index is 1.69. The van der Waals surface area contributed by atoms with Gasteiger partial charge in [0.1, 0.15) is 5.58 Å². The monoisotopic (exact) mass is 484 g/mol. The number of aromatic nitrogens is 1. The van der Waals surface area contributed by atoms with Gasteiger partial charge in [0.25, 0.3) is 5.91 Å². The molecule has 2 aromatic carbocycles. The van der Waals surface area contributed by atoms with E-state index in [0.29, 0.717) is 41.2 Å². The van der Waals surface area contributed by atoms with Crippen LogP contribution in [-0.4, -0.2) is 29.0 Å². The van der Waals surface area contributed by atoms with Crippen LogP contribution >= 0.6 is 0 Å². The van der Waals surface area contributed by atoms with Crippen molar-refractivity contribution < 1.29 is 18.7 Å². The van der Waals surface area contributed by atoms with Gasteiger partial charge in [0.15, 0.2) is 16.9 Å². The fourth-order valence-electron chi connectivity index (χ4n) is 4.63. The van der Waals surface area contributed by atoms with Gasteiger partial charge in [-0.2, -0.15) is 0 Å². The summed E-state index contributed by atoms with van der Waals surface area (Å²) in [4.78, 5) is 33.3. The van der Waals surface area contributed by atoms with Crippen LogP contribution in [0.4, 0.5) is 0 Å². The number of hydrogen-bond donors (Lipinski definition) is 0. The number of hydrogen-bond acceptors (Lipinski definition) is 6. The largest absolute Gasteiger partial charge is 0.490 e. The highest BCUT2D eigenvalue weighted by Gasteiger charge is 2.43. The lowest BCUT2D eigenvalue weighted by Gasteiger charge is -2.26. The minimum atomic E-state index is -0.645. The van der Waals surface area contributed by atoms with E-state index in [-0.39, 0.29) is 23.6 Å². The van der Waals surface area contributed by atoms with E-state index in [0.717, 1.165) is 23.1 Å². The van der Waals surface area contributed by atoms with Crippen molar-refractivity contribution in [1.82, 2.24) is 9.88 Å². The quantitative estimate of drug-likeness (QED) is 0.332. The second-order valence-electron chi connectivity index (χ2n) is 8.86. The SMILES string of the molecule is CCCOc1ccc([C@H]2c3c(oc4ccc(C)cc4c3=O)C(=O)N2Cc2cccnc2)cc1OCC. The summed E-state index contributed by atoms with van der Waals surface area (Å²) in [5.41, 5.74) is 3.08. The van der Waals surface area contributed by atoms with Crippen molar-refractivity contribution in [2.75, 3.05) is 13.2 Å². The van der Waals surface area contributed by atoms with E-state index in [1.54, 1.807) is 29.4 Å². The summed E-state index contributed by atoms with van der Waals surface area (Å²) in [5.74, 6) is 0.955. The average molecular weight is 485 g/mol. The van der Waals surface area contributed by atoms with Crippen molar-refractivity contribution in [1.29, 1.82) is 0 Å². The van der Waals surface area contributed by atoms with Gasteiger partial charge in [-0.25, -0.2) is 0 Å². The molecular weight excluding hydrogens is 456 g/mol. The van der Waals surface area contributed by atoms with Crippen molar-refractivity contribution in [2.24, 2.45) is 0 Å². The maximum absolute atomic E-state index is 13.8. The Labute approximate surface area is 209 Å². The second kappa shape index (κ2) is 9.85. The lowest BCUT2D eigenvalue weighted by molar-refractivity contribution is 0.0714. The van der Waals surface area contributed by atoms with E-state index in [1.165, 1.54) is 0 Å². The van der Waals surface area contributed by atoms with Crippen molar-refractivity contribution in [3.63, 3.8) is 0 Å². The molecule has 0 N–H and O–H groups in total. The molecule has 4 aromatic rings. The van der Waals surface area contributed by atoms with E-state index < -0.39 is 6.04 Å². The number of rotatable bonds is 8. The first-order chi connectivity index (χ1) is 17.5. The fourth-order valence-corrected chi connectivity index (χ4v) is 4.63. The molecule has 5 rings (SSSR count). The van der Waals surface area contributed by atoms with Gasteiger partial charge < -0.3 is 18.8 Å². The number of carbonyl (C=O) groups is 1. The van der Waals surface area contributed by atoms with Crippen LogP contribution in [0.1, 0.15) is 59.1 Å². The van der Waals surface area contributed by atoms with E-state index in [2.05, 4.69) is 4.98 Å². The maximum atomic E-state index is 13.8. The van der Waals surface area contributed by atoms with Crippen LogP contribution < -0.4 is 14.9 Å². The van der Waals surface area contributed by atoms with Gasteiger partial charge in [0.05, 0.1) is 30.2 Å². The summed E-state index contributed by atoms with van der Waals surface area (Å²) in [6.07, 6.45) is 4.27. The van der Waals surface area contributed by atoms with Crippen LogP contribution in [0.15, 0.2) is 70.1 Å². The highest BCUT2D eigenvalue weighted by molar-refractivity contribution is 5.99. The Morgan fingerprint density at radius 3 is 2.64 bits per heavy atom. The van der Waals surface area contributed by atoms with Crippen LogP contribution in [-0.2, 0) is 6.54 Å². The number of pyridine rings is 1. The molecule has 0 saturated carbocycles. The van der Waals surface area contributed by atoms with E-state index in [4.69, 9.17) is 13.9 Å². The molecule has 1 aliphatic rings. The predicted octanol–water partition coefficient (Wildman–Crippen LogP) is 5.43. The van der Waals surface area contributed by atoms with Crippen LogP contribution in [0.25, 0.3) is 11.0 Å². The fraction of sp³-hybridized carbons (Fsp3) is 0.276. The maximum Gasteiger partial charge on any atom is 0.291 e. The number of fused-ring (bicyclic) bond motifs is 2. The van der Waals surface area contributed by atoms with Crippen molar-refractivity contribution in [3.8, 4) is 11.5 Å². The highest BCUT2D eigenvalue weighted by atomic mass is 16.5. The molecule has 7 heteroatoms. The molecule has 0 radical (unpaired) electrons. The summed E-state index contributed by atoms with van der Waals surface area (Å²) < 4.78 is 17.8. The third-order valence-electron chi connectivity index (χ3n) is 6.24. The Morgan fingerprint density at radius 2 is 1.89 bits per heavy atom. The molecular formula is C29H28N2O5. The third kappa shape index (κ3) is 4.21. The molecule has 0 unspecified atom stereocenters. The van der Waals surface area contributed by atoms with Crippen LogP contribution in [0.5, 0.6) is 11.5 Å². The average Bonchev–Trinajstić information content (AvgIpc) is 3.16. The molecule has 7 nitrogen and oxygen atoms in total. The van der Waals surface area contributed by atoms with E-state index in [9.17, 15) is 9.59 Å². The van der Waals surface area contributed by atoms with Crippen LogP contribution in [0.3, 0.4) is 0 Å². The molecule has 3 heterocycles. The molecule has 0 aliphatic carbocycles. The second-order valence-corrected chi connectivity index (χ2v) is 8.86. The zero-order valence-corrected chi connectivity index (χ0v) is 20.6. The minimum Gasteiger partial charge on any atom is -0.490 e.